The van der Waals surface area contributed by atoms with Crippen molar-refractivity contribution in [2.75, 3.05) is 9.80 Å². The Kier molecular flexibility index (Phi) is 3.86. The third-order valence-corrected chi connectivity index (χ3v) is 5.53. The smallest absolute Gasteiger partial charge is 0.272 e. The Balaban J connectivity index is 1.83. The Bertz CT molecular complexity index is 1030. The number of aromatic hydroxyl groups is 1. The lowest BCUT2D eigenvalue weighted by atomic mass is 9.75. The van der Waals surface area contributed by atoms with Gasteiger partial charge in [0.15, 0.2) is 10.9 Å². The summed E-state index contributed by atoms with van der Waals surface area (Å²) in [5, 5.41) is 9.68. The Morgan fingerprint density at radius 2 is 2.11 bits per heavy atom. The van der Waals surface area contributed by atoms with Crippen molar-refractivity contribution < 1.29 is 14.3 Å². The highest BCUT2D eigenvalue weighted by molar-refractivity contribution is 7.81. The van der Waals surface area contributed by atoms with Gasteiger partial charge < -0.3 is 14.9 Å². The van der Waals surface area contributed by atoms with Crippen molar-refractivity contribution in [3.63, 3.8) is 0 Å². The normalized spacial score (nSPS) is 18.0. The van der Waals surface area contributed by atoms with Crippen molar-refractivity contribution in [3.8, 4) is 5.75 Å². The summed E-state index contributed by atoms with van der Waals surface area (Å²) in [6, 6.07) is 5.50. The number of thiocarbonyl (C=S) groups is 1. The van der Waals surface area contributed by atoms with Gasteiger partial charge in [0.25, 0.3) is 11.7 Å². The molecule has 0 atom stereocenters. The fraction of sp³-hybridized carbons (Fsp3) is 0.263. The molecule has 0 unspecified atom stereocenters. The summed E-state index contributed by atoms with van der Waals surface area (Å²) in [6.45, 7) is 8.86. The SMILES string of the molecule is [C-]#[N+]c1ncc(N2C(=O)C3(CCC3)N(c3ccc(O)cc3F)C2=S)cc1C. The molecule has 1 amide bonds. The van der Waals surface area contributed by atoms with E-state index < -0.39 is 11.4 Å². The highest BCUT2D eigenvalue weighted by atomic mass is 32.1. The molecular weight excluding hydrogens is 367 g/mol. The van der Waals surface area contributed by atoms with Crippen LogP contribution in [0.15, 0.2) is 30.5 Å². The first-order valence-corrected chi connectivity index (χ1v) is 8.81. The fourth-order valence-electron chi connectivity index (χ4n) is 3.65. The van der Waals surface area contributed by atoms with Gasteiger partial charge in [-0.25, -0.2) is 4.39 Å². The van der Waals surface area contributed by atoms with E-state index in [0.717, 1.165) is 12.5 Å². The maximum Gasteiger partial charge on any atom is 0.272 e. The number of carbonyl (C=O) groups is 1. The van der Waals surface area contributed by atoms with Crippen LogP contribution in [0.25, 0.3) is 4.85 Å². The molecule has 2 heterocycles. The Morgan fingerprint density at radius 1 is 1.37 bits per heavy atom. The third-order valence-electron chi connectivity index (χ3n) is 5.16. The summed E-state index contributed by atoms with van der Waals surface area (Å²) in [6.07, 6.45) is 3.41. The number of nitrogens with zero attached hydrogens (tertiary/aromatic N) is 4. The maximum atomic E-state index is 14.6. The molecule has 1 aromatic carbocycles. The van der Waals surface area contributed by atoms with Gasteiger partial charge >= 0.3 is 0 Å². The topological polar surface area (TPSA) is 61.0 Å². The number of aromatic nitrogens is 1. The van der Waals surface area contributed by atoms with E-state index in [1.54, 1.807) is 17.9 Å². The zero-order chi connectivity index (χ0) is 19.3. The van der Waals surface area contributed by atoms with Gasteiger partial charge in [0, 0.05) is 6.07 Å². The molecule has 1 N–H and O–H groups in total. The van der Waals surface area contributed by atoms with Gasteiger partial charge in [-0.1, -0.05) is 6.57 Å². The lowest BCUT2D eigenvalue weighted by molar-refractivity contribution is -0.123. The number of hydrogen-bond acceptors (Lipinski definition) is 4. The summed E-state index contributed by atoms with van der Waals surface area (Å²) in [5.41, 5.74) is 0.343. The number of phenols is 1. The molecule has 27 heavy (non-hydrogen) atoms. The molecule has 1 aliphatic carbocycles. The maximum absolute atomic E-state index is 14.6. The number of anilines is 2. The van der Waals surface area contributed by atoms with Gasteiger partial charge in [-0.15, -0.1) is 4.98 Å². The van der Waals surface area contributed by atoms with Crippen LogP contribution in [0.3, 0.4) is 0 Å². The summed E-state index contributed by atoms with van der Waals surface area (Å²) in [5.74, 6) is -0.795. The van der Waals surface area contributed by atoms with Crippen LogP contribution in [-0.2, 0) is 4.79 Å². The van der Waals surface area contributed by atoms with Crippen molar-refractivity contribution in [3.05, 3.63) is 53.3 Å². The predicted octanol–water partition coefficient (Wildman–Crippen LogP) is 3.85. The van der Waals surface area contributed by atoms with Crippen LogP contribution >= 0.6 is 12.2 Å². The van der Waals surface area contributed by atoms with Gasteiger partial charge in [-0.05, 0) is 62.2 Å². The van der Waals surface area contributed by atoms with Gasteiger partial charge in [0.05, 0.1) is 11.4 Å². The lowest BCUT2D eigenvalue weighted by Crippen LogP contribution is -2.55. The molecule has 0 radical (unpaired) electrons. The summed E-state index contributed by atoms with van der Waals surface area (Å²) < 4.78 is 14.6. The number of aryl methyl sites for hydroxylation is 1. The van der Waals surface area contributed by atoms with Crippen LogP contribution in [0.1, 0.15) is 24.8 Å². The second kappa shape index (κ2) is 5.99. The molecule has 136 valence electrons. The van der Waals surface area contributed by atoms with E-state index in [9.17, 15) is 14.3 Å². The van der Waals surface area contributed by atoms with Crippen molar-refractivity contribution in [1.29, 1.82) is 0 Å². The third kappa shape index (κ3) is 2.39. The molecule has 6 nitrogen and oxygen atoms in total. The first kappa shape index (κ1) is 17.4. The highest BCUT2D eigenvalue weighted by Crippen LogP contribution is 2.48. The van der Waals surface area contributed by atoms with E-state index in [2.05, 4.69) is 9.83 Å². The molecule has 1 aliphatic heterocycles. The largest absolute Gasteiger partial charge is 0.508 e. The first-order chi connectivity index (χ1) is 12.9. The number of phenolic OH excluding ortho intramolecular Hbond substituents is 1. The minimum atomic E-state index is -0.915. The Morgan fingerprint density at radius 3 is 2.67 bits per heavy atom. The summed E-state index contributed by atoms with van der Waals surface area (Å²) in [4.78, 5) is 23.6. The van der Waals surface area contributed by atoms with Gasteiger partial charge in [-0.3, -0.25) is 9.69 Å². The molecule has 4 rings (SSSR count). The predicted molar refractivity (Wildman–Crippen MR) is 102 cm³/mol. The molecular formula is C19H15FN4O2S. The zero-order valence-electron chi connectivity index (χ0n) is 14.4. The highest BCUT2D eigenvalue weighted by Gasteiger charge is 2.60. The van der Waals surface area contributed by atoms with Crippen LogP contribution in [0.4, 0.5) is 21.6 Å². The van der Waals surface area contributed by atoms with E-state index in [1.165, 1.54) is 23.2 Å². The number of pyridine rings is 1. The van der Waals surface area contributed by atoms with Crippen molar-refractivity contribution in [2.24, 2.45) is 0 Å². The molecule has 2 aromatic rings. The van der Waals surface area contributed by atoms with E-state index in [1.807, 2.05) is 0 Å². The molecule has 1 saturated heterocycles. The Hall–Kier alpha value is -3.05. The van der Waals surface area contributed by atoms with E-state index in [0.29, 0.717) is 24.1 Å². The standard InChI is InChI=1S/C19H15FN4O2S/c1-11-8-12(10-22-16(11)21-2)23-17(26)19(6-3-7-19)24(18(23)27)15-5-4-13(25)9-14(15)20/h4-5,8-10,25H,3,6-7H2,1H3. The van der Waals surface area contributed by atoms with Crippen LogP contribution in [0, 0.1) is 19.3 Å². The minimum Gasteiger partial charge on any atom is -0.508 e. The number of benzene rings is 1. The fourth-order valence-corrected chi connectivity index (χ4v) is 4.11. The number of hydrogen-bond donors (Lipinski definition) is 1. The van der Waals surface area contributed by atoms with Crippen LogP contribution in [0.5, 0.6) is 5.75 Å². The molecule has 1 spiro atoms. The second-order valence-electron chi connectivity index (χ2n) is 6.73. The molecule has 8 heteroatoms. The zero-order valence-corrected chi connectivity index (χ0v) is 15.3. The number of carbonyl (C=O) groups excluding carboxylic acids is 1. The Labute approximate surface area is 160 Å². The average molecular weight is 382 g/mol. The number of halogens is 1. The molecule has 2 aliphatic rings. The summed E-state index contributed by atoms with van der Waals surface area (Å²) in [7, 11) is 0. The van der Waals surface area contributed by atoms with Crippen LogP contribution in [0.2, 0.25) is 0 Å². The van der Waals surface area contributed by atoms with Gasteiger partial charge in [0.2, 0.25) is 0 Å². The molecule has 2 fully saturated rings. The summed E-state index contributed by atoms with van der Waals surface area (Å²) >= 11 is 5.56. The van der Waals surface area contributed by atoms with Crippen molar-refractivity contribution in [2.45, 2.75) is 31.7 Å². The molecule has 1 saturated carbocycles. The van der Waals surface area contributed by atoms with Gasteiger partial charge in [-0.2, -0.15) is 0 Å². The molecule has 0 bridgehead atoms. The number of rotatable bonds is 2. The van der Waals surface area contributed by atoms with E-state index >= 15 is 0 Å². The van der Waals surface area contributed by atoms with E-state index in [-0.39, 0.29) is 28.3 Å². The van der Waals surface area contributed by atoms with Gasteiger partial charge in [0.1, 0.15) is 17.5 Å². The van der Waals surface area contributed by atoms with Crippen molar-refractivity contribution >= 4 is 40.4 Å². The quantitative estimate of drug-likeness (QED) is 0.632. The minimum absolute atomic E-state index is 0.163. The number of amides is 1. The van der Waals surface area contributed by atoms with Crippen molar-refractivity contribution in [1.82, 2.24) is 4.98 Å². The average Bonchev–Trinajstić information content (AvgIpc) is 2.82. The van der Waals surface area contributed by atoms with E-state index in [4.69, 9.17) is 18.8 Å². The van der Waals surface area contributed by atoms with Crippen LogP contribution < -0.4 is 9.80 Å². The lowest BCUT2D eigenvalue weighted by Gasteiger charge is -2.43. The molecule has 1 aromatic heterocycles. The van der Waals surface area contributed by atoms with Crippen LogP contribution in [-0.4, -0.2) is 26.6 Å². The monoisotopic (exact) mass is 382 g/mol. The first-order valence-electron chi connectivity index (χ1n) is 8.40. The second-order valence-corrected chi connectivity index (χ2v) is 7.09.